The fraction of sp³-hybridized carbons (Fsp3) is 0.200. The maximum absolute atomic E-state index is 12.4. The third-order valence-electron chi connectivity index (χ3n) is 2.83. The molecule has 0 spiro atoms. The first-order valence-electron chi connectivity index (χ1n) is 5.84. The summed E-state index contributed by atoms with van der Waals surface area (Å²) in [6.45, 7) is 2.84. The molecule has 0 aliphatic rings. The topological polar surface area (TPSA) is 33.2 Å². The van der Waals surface area contributed by atoms with Crippen molar-refractivity contribution in [3.05, 3.63) is 42.1 Å². The Morgan fingerprint density at radius 3 is 2.89 bits per heavy atom. The molecular weight excluding hydrogens is 224 g/mol. The summed E-state index contributed by atoms with van der Waals surface area (Å²) in [5, 5.41) is 0.862. The Morgan fingerprint density at radius 2 is 2.17 bits per heavy atom. The number of hydrogen-bond donors (Lipinski definition) is 0. The van der Waals surface area contributed by atoms with Crippen LogP contribution in [0.3, 0.4) is 0 Å². The fourth-order valence-electron chi connectivity index (χ4n) is 1.89. The van der Waals surface area contributed by atoms with Gasteiger partial charge >= 0.3 is 0 Å². The predicted molar refractivity (Wildman–Crippen MR) is 72.2 cm³/mol. The highest BCUT2D eigenvalue weighted by Crippen LogP contribution is 2.17. The SMILES string of the molecule is C#CCN(CC)C(=O)c1ccnc2ccccc12. The zero-order valence-corrected chi connectivity index (χ0v) is 10.3. The summed E-state index contributed by atoms with van der Waals surface area (Å²) in [5.41, 5.74) is 1.47. The molecule has 1 aromatic heterocycles. The predicted octanol–water partition coefficient (Wildman–Crippen LogP) is 2.33. The first-order chi connectivity index (χ1) is 8.77. The van der Waals surface area contributed by atoms with Gasteiger partial charge in [-0.05, 0) is 19.1 Å². The molecule has 0 atom stereocenters. The maximum Gasteiger partial charge on any atom is 0.255 e. The number of fused-ring (bicyclic) bond motifs is 1. The molecule has 18 heavy (non-hydrogen) atoms. The molecule has 1 aromatic carbocycles. The Kier molecular flexibility index (Phi) is 3.59. The van der Waals surface area contributed by atoms with Crippen molar-refractivity contribution in [3.8, 4) is 12.3 Å². The molecule has 0 radical (unpaired) electrons. The lowest BCUT2D eigenvalue weighted by atomic mass is 10.1. The van der Waals surface area contributed by atoms with E-state index >= 15 is 0 Å². The van der Waals surface area contributed by atoms with Crippen molar-refractivity contribution in [3.63, 3.8) is 0 Å². The van der Waals surface area contributed by atoms with E-state index in [1.165, 1.54) is 0 Å². The van der Waals surface area contributed by atoms with Crippen LogP contribution in [0.25, 0.3) is 10.9 Å². The Hall–Kier alpha value is -2.34. The molecule has 0 aliphatic heterocycles. The molecule has 1 heterocycles. The molecule has 0 aliphatic carbocycles. The van der Waals surface area contributed by atoms with Crippen LogP contribution >= 0.6 is 0 Å². The minimum Gasteiger partial charge on any atom is -0.328 e. The second-order valence-electron chi connectivity index (χ2n) is 3.90. The minimum absolute atomic E-state index is 0.0472. The van der Waals surface area contributed by atoms with Crippen LogP contribution in [0.1, 0.15) is 17.3 Å². The van der Waals surface area contributed by atoms with E-state index in [0.29, 0.717) is 18.7 Å². The third kappa shape index (κ3) is 2.18. The van der Waals surface area contributed by atoms with Crippen molar-refractivity contribution in [1.82, 2.24) is 9.88 Å². The van der Waals surface area contributed by atoms with E-state index < -0.39 is 0 Å². The average Bonchev–Trinajstić information content (AvgIpc) is 2.43. The lowest BCUT2D eigenvalue weighted by molar-refractivity contribution is 0.0787. The zero-order chi connectivity index (χ0) is 13.0. The van der Waals surface area contributed by atoms with Crippen LogP contribution < -0.4 is 0 Å². The monoisotopic (exact) mass is 238 g/mol. The van der Waals surface area contributed by atoms with E-state index in [1.807, 2.05) is 31.2 Å². The number of carbonyl (C=O) groups excluding carboxylic acids is 1. The van der Waals surface area contributed by atoms with Gasteiger partial charge in [-0.1, -0.05) is 24.1 Å². The van der Waals surface area contributed by atoms with Gasteiger partial charge < -0.3 is 4.90 Å². The molecule has 3 nitrogen and oxygen atoms in total. The smallest absolute Gasteiger partial charge is 0.255 e. The molecule has 2 aromatic rings. The van der Waals surface area contributed by atoms with Crippen molar-refractivity contribution in [2.45, 2.75) is 6.92 Å². The Labute approximate surface area is 106 Å². The summed E-state index contributed by atoms with van der Waals surface area (Å²) in [7, 11) is 0. The third-order valence-corrected chi connectivity index (χ3v) is 2.83. The number of carbonyl (C=O) groups is 1. The molecule has 0 unspecified atom stereocenters. The van der Waals surface area contributed by atoms with Crippen LogP contribution in [-0.2, 0) is 0 Å². The summed E-state index contributed by atoms with van der Waals surface area (Å²) in [6.07, 6.45) is 6.93. The second kappa shape index (κ2) is 5.33. The zero-order valence-electron chi connectivity index (χ0n) is 10.3. The molecule has 1 amide bonds. The molecule has 90 valence electrons. The number of amides is 1. The van der Waals surface area contributed by atoms with E-state index in [0.717, 1.165) is 10.9 Å². The number of nitrogens with zero attached hydrogens (tertiary/aromatic N) is 2. The van der Waals surface area contributed by atoms with Crippen LogP contribution in [0, 0.1) is 12.3 Å². The van der Waals surface area contributed by atoms with Crippen molar-refractivity contribution < 1.29 is 4.79 Å². The minimum atomic E-state index is -0.0472. The van der Waals surface area contributed by atoms with E-state index in [4.69, 9.17) is 6.42 Å². The lowest BCUT2D eigenvalue weighted by Crippen LogP contribution is -2.31. The molecule has 3 heteroatoms. The highest BCUT2D eigenvalue weighted by molar-refractivity contribution is 6.06. The molecular formula is C15H14N2O. The normalized spacial score (nSPS) is 10.0. The summed E-state index contributed by atoms with van der Waals surface area (Å²) in [4.78, 5) is 18.3. The number of para-hydroxylation sites is 1. The highest BCUT2D eigenvalue weighted by Gasteiger charge is 2.15. The second-order valence-corrected chi connectivity index (χ2v) is 3.90. The van der Waals surface area contributed by atoms with Gasteiger partial charge in [-0.15, -0.1) is 6.42 Å². The van der Waals surface area contributed by atoms with Crippen molar-refractivity contribution >= 4 is 16.8 Å². The van der Waals surface area contributed by atoms with Crippen molar-refractivity contribution in [1.29, 1.82) is 0 Å². The number of benzene rings is 1. The van der Waals surface area contributed by atoms with Crippen LogP contribution in [-0.4, -0.2) is 28.9 Å². The Bertz CT molecular complexity index is 608. The number of pyridine rings is 1. The van der Waals surface area contributed by atoms with E-state index in [2.05, 4.69) is 10.9 Å². The van der Waals surface area contributed by atoms with Gasteiger partial charge in [0.05, 0.1) is 17.6 Å². The highest BCUT2D eigenvalue weighted by atomic mass is 16.2. The molecule has 2 rings (SSSR count). The van der Waals surface area contributed by atoms with Gasteiger partial charge in [-0.25, -0.2) is 0 Å². The Balaban J connectivity index is 2.48. The average molecular weight is 238 g/mol. The first kappa shape index (κ1) is 12.1. The van der Waals surface area contributed by atoms with Crippen LogP contribution in [0.15, 0.2) is 36.5 Å². The summed E-state index contributed by atoms with van der Waals surface area (Å²) in [5.74, 6) is 2.46. The summed E-state index contributed by atoms with van der Waals surface area (Å²) in [6, 6.07) is 9.34. The van der Waals surface area contributed by atoms with E-state index in [1.54, 1.807) is 17.2 Å². The molecule has 0 saturated heterocycles. The first-order valence-corrected chi connectivity index (χ1v) is 5.84. The van der Waals surface area contributed by atoms with Crippen LogP contribution in [0.4, 0.5) is 0 Å². The van der Waals surface area contributed by atoms with Gasteiger partial charge in [0.25, 0.3) is 5.91 Å². The molecule has 0 N–H and O–H groups in total. The lowest BCUT2D eigenvalue weighted by Gasteiger charge is -2.18. The van der Waals surface area contributed by atoms with Gasteiger partial charge in [0.15, 0.2) is 0 Å². The Morgan fingerprint density at radius 1 is 1.39 bits per heavy atom. The largest absolute Gasteiger partial charge is 0.328 e. The van der Waals surface area contributed by atoms with E-state index in [-0.39, 0.29) is 5.91 Å². The molecule has 0 saturated carbocycles. The standard InChI is InChI=1S/C15H14N2O/c1-3-11-17(4-2)15(18)13-9-10-16-14-8-6-5-7-12(13)14/h1,5-10H,4,11H2,2H3. The van der Waals surface area contributed by atoms with Crippen LogP contribution in [0.5, 0.6) is 0 Å². The molecule has 0 fully saturated rings. The number of aromatic nitrogens is 1. The van der Waals surface area contributed by atoms with Crippen molar-refractivity contribution in [2.75, 3.05) is 13.1 Å². The van der Waals surface area contributed by atoms with Crippen LogP contribution in [0.2, 0.25) is 0 Å². The number of hydrogen-bond acceptors (Lipinski definition) is 2. The summed E-state index contributed by atoms with van der Waals surface area (Å²) < 4.78 is 0. The van der Waals surface area contributed by atoms with Gasteiger partial charge in [0.1, 0.15) is 0 Å². The summed E-state index contributed by atoms with van der Waals surface area (Å²) >= 11 is 0. The van der Waals surface area contributed by atoms with Gasteiger partial charge in [0.2, 0.25) is 0 Å². The number of terminal acetylenes is 1. The van der Waals surface area contributed by atoms with Gasteiger partial charge in [-0.3, -0.25) is 9.78 Å². The van der Waals surface area contributed by atoms with Gasteiger partial charge in [0, 0.05) is 18.1 Å². The maximum atomic E-state index is 12.4. The fourth-order valence-corrected chi connectivity index (χ4v) is 1.89. The van der Waals surface area contributed by atoms with Gasteiger partial charge in [-0.2, -0.15) is 0 Å². The quantitative estimate of drug-likeness (QED) is 0.769. The molecule has 0 bridgehead atoms. The number of rotatable bonds is 3. The van der Waals surface area contributed by atoms with Crippen molar-refractivity contribution in [2.24, 2.45) is 0 Å². The van der Waals surface area contributed by atoms with E-state index in [9.17, 15) is 4.79 Å².